The molecule has 2 saturated heterocycles. The van der Waals surface area contributed by atoms with E-state index in [1.165, 1.54) is 18.3 Å². The minimum absolute atomic E-state index is 0.0301. The molecule has 9 nitrogen and oxygen atoms in total. The Labute approximate surface area is 222 Å². The van der Waals surface area contributed by atoms with Crippen molar-refractivity contribution in [2.45, 2.75) is 75.6 Å². The summed E-state index contributed by atoms with van der Waals surface area (Å²) in [6.45, 7) is 0.191. The van der Waals surface area contributed by atoms with Gasteiger partial charge in [-0.25, -0.2) is 10.8 Å². The second kappa shape index (κ2) is 10.2. The Kier molecular flexibility index (Phi) is 6.67. The number of nitrogens with one attached hydrogen (secondary N) is 1. The molecule has 3 aliphatic rings. The highest BCUT2D eigenvalue weighted by Gasteiger charge is 2.42. The van der Waals surface area contributed by atoms with Crippen LogP contribution in [0.2, 0.25) is 0 Å². The normalized spacial score (nSPS) is 22.7. The molecule has 6 rings (SSSR count). The molecule has 4 heterocycles. The number of hydrogen-bond donors (Lipinski definition) is 2. The molecule has 3 aromatic rings. The number of nitrogens with two attached hydrogens (primary N) is 1. The number of ether oxygens (including phenoxy) is 2. The van der Waals surface area contributed by atoms with Crippen molar-refractivity contribution in [1.82, 2.24) is 15.6 Å². The Morgan fingerprint density at radius 3 is 2.49 bits per heavy atom. The summed E-state index contributed by atoms with van der Waals surface area (Å²) in [6.07, 6.45) is 2.15. The summed E-state index contributed by atoms with van der Waals surface area (Å²) in [6, 6.07) is 9.97. The molecular formula is C27H28F3N5O4. The minimum atomic E-state index is -4.82. The highest BCUT2D eigenvalue weighted by atomic mass is 19.4. The first-order valence-corrected chi connectivity index (χ1v) is 13.0. The molecule has 2 aromatic heterocycles. The number of carbonyl (C=O) groups excluding carboxylic acids is 1. The van der Waals surface area contributed by atoms with Crippen LogP contribution in [-0.4, -0.2) is 40.6 Å². The number of amides is 1. The lowest BCUT2D eigenvalue weighted by atomic mass is 9.99. The lowest BCUT2D eigenvalue weighted by Crippen LogP contribution is -2.46. The summed E-state index contributed by atoms with van der Waals surface area (Å²) in [5.41, 5.74) is 3.72. The molecule has 0 radical (unpaired) electrons. The van der Waals surface area contributed by atoms with Crippen molar-refractivity contribution in [3.8, 4) is 17.0 Å². The fourth-order valence-electron chi connectivity index (χ4n) is 5.81. The summed E-state index contributed by atoms with van der Waals surface area (Å²) >= 11 is 0. The number of para-hydroxylation sites is 1. The topological polar surface area (TPSA) is 116 Å². The van der Waals surface area contributed by atoms with E-state index >= 15 is 0 Å². The van der Waals surface area contributed by atoms with Gasteiger partial charge < -0.3 is 18.9 Å². The Morgan fingerprint density at radius 2 is 1.85 bits per heavy atom. The summed E-state index contributed by atoms with van der Waals surface area (Å²) < 4.78 is 55.5. The average Bonchev–Trinajstić information content (AvgIpc) is 3.62. The number of rotatable bonds is 8. The zero-order valence-electron chi connectivity index (χ0n) is 21.0. The second-order valence-corrected chi connectivity index (χ2v) is 10.3. The lowest BCUT2D eigenvalue weighted by Gasteiger charge is -2.39. The van der Waals surface area contributed by atoms with E-state index in [1.807, 2.05) is 6.07 Å². The molecule has 39 heavy (non-hydrogen) atoms. The number of nitrogens with zero attached hydrogens (tertiary/aromatic N) is 3. The van der Waals surface area contributed by atoms with Crippen molar-refractivity contribution in [2.24, 2.45) is 5.84 Å². The van der Waals surface area contributed by atoms with Crippen LogP contribution >= 0.6 is 0 Å². The molecule has 0 unspecified atom stereocenters. The number of aromatic nitrogens is 2. The number of fused-ring (bicyclic) bond motifs is 2. The highest BCUT2D eigenvalue weighted by Crippen LogP contribution is 2.46. The third kappa shape index (κ3) is 5.30. The molecule has 0 spiro atoms. The van der Waals surface area contributed by atoms with Crippen LogP contribution in [0.4, 0.5) is 19.0 Å². The highest BCUT2D eigenvalue weighted by molar-refractivity contribution is 5.93. The number of anilines is 1. The maximum absolute atomic E-state index is 13.1. The predicted molar refractivity (Wildman–Crippen MR) is 134 cm³/mol. The second-order valence-electron chi connectivity index (χ2n) is 10.3. The van der Waals surface area contributed by atoms with E-state index < -0.39 is 12.3 Å². The van der Waals surface area contributed by atoms with E-state index in [-0.39, 0.29) is 42.0 Å². The van der Waals surface area contributed by atoms with E-state index in [9.17, 15) is 18.0 Å². The molecule has 206 valence electrons. The lowest BCUT2D eigenvalue weighted by molar-refractivity contribution is -0.274. The van der Waals surface area contributed by atoms with Gasteiger partial charge in [-0.05, 0) is 62.8 Å². The first-order chi connectivity index (χ1) is 18.8. The molecule has 1 amide bonds. The Balaban J connectivity index is 1.18. The van der Waals surface area contributed by atoms with Gasteiger partial charge in [0.05, 0.1) is 18.3 Å². The van der Waals surface area contributed by atoms with Crippen LogP contribution in [0.25, 0.3) is 11.3 Å². The molecule has 12 heteroatoms. The maximum atomic E-state index is 13.1. The van der Waals surface area contributed by atoms with Crippen molar-refractivity contribution in [1.29, 1.82) is 0 Å². The van der Waals surface area contributed by atoms with Crippen molar-refractivity contribution in [3.05, 3.63) is 59.5 Å². The van der Waals surface area contributed by atoms with Crippen LogP contribution in [0.3, 0.4) is 0 Å². The Morgan fingerprint density at radius 1 is 1.10 bits per heavy atom. The van der Waals surface area contributed by atoms with Gasteiger partial charge in [0.1, 0.15) is 23.0 Å². The van der Waals surface area contributed by atoms with Gasteiger partial charge in [0.25, 0.3) is 5.91 Å². The Bertz CT molecular complexity index is 1330. The van der Waals surface area contributed by atoms with Crippen LogP contribution < -0.4 is 20.9 Å². The number of halogens is 3. The third-order valence-electron chi connectivity index (χ3n) is 7.69. The summed E-state index contributed by atoms with van der Waals surface area (Å²) in [5, 5.41) is 4.17. The van der Waals surface area contributed by atoms with E-state index in [1.54, 1.807) is 18.2 Å². The molecule has 2 bridgehead atoms. The molecule has 1 saturated carbocycles. The number of nitrogen functional groups attached to an aromatic ring is 1. The maximum Gasteiger partial charge on any atom is 0.573 e. The van der Waals surface area contributed by atoms with E-state index in [2.05, 4.69) is 25.2 Å². The molecule has 2 aliphatic heterocycles. The van der Waals surface area contributed by atoms with Gasteiger partial charge in [0.2, 0.25) is 0 Å². The minimum Gasteiger partial charge on any atom is -0.405 e. The van der Waals surface area contributed by atoms with Crippen LogP contribution in [0.1, 0.15) is 66.1 Å². The number of piperidine rings is 1. The molecule has 3 fully saturated rings. The first kappa shape index (κ1) is 25.6. The van der Waals surface area contributed by atoms with Gasteiger partial charge in [0, 0.05) is 35.3 Å². The summed E-state index contributed by atoms with van der Waals surface area (Å²) in [7, 11) is 0. The molecule has 3 atom stereocenters. The number of alkyl halides is 3. The fourth-order valence-corrected chi connectivity index (χ4v) is 5.81. The quantitative estimate of drug-likeness (QED) is 0.236. The number of pyridine rings is 1. The fraction of sp³-hybridized carbons (Fsp3) is 0.444. The van der Waals surface area contributed by atoms with Crippen LogP contribution in [0.15, 0.2) is 47.1 Å². The van der Waals surface area contributed by atoms with Crippen LogP contribution in [0, 0.1) is 0 Å². The molecule has 3 N–H and O–H groups in total. The van der Waals surface area contributed by atoms with Crippen LogP contribution in [0.5, 0.6) is 5.75 Å². The third-order valence-corrected chi connectivity index (χ3v) is 7.69. The Hall–Kier alpha value is -3.64. The van der Waals surface area contributed by atoms with Gasteiger partial charge in [-0.1, -0.05) is 17.3 Å². The summed E-state index contributed by atoms with van der Waals surface area (Å²) in [4.78, 5) is 18.5. The van der Waals surface area contributed by atoms with E-state index in [0.717, 1.165) is 44.3 Å². The molecule has 1 aromatic carbocycles. The van der Waals surface area contributed by atoms with E-state index in [0.29, 0.717) is 22.6 Å². The van der Waals surface area contributed by atoms with Gasteiger partial charge in [-0.3, -0.25) is 10.2 Å². The zero-order chi connectivity index (χ0) is 27.1. The SMILES string of the molecule is NNC(=O)c1ccc(N2[C@@H]3CC[C@H]2C[C@@H](OCc2c(-c4ccccc4OC(F)(F)F)noc2C2CC2)C3)nc1. The smallest absolute Gasteiger partial charge is 0.405 e. The number of carbonyl (C=O) groups is 1. The zero-order valence-corrected chi connectivity index (χ0v) is 21.0. The monoisotopic (exact) mass is 543 g/mol. The molecular weight excluding hydrogens is 515 g/mol. The van der Waals surface area contributed by atoms with Crippen molar-refractivity contribution >= 4 is 11.7 Å². The van der Waals surface area contributed by atoms with Crippen molar-refractivity contribution in [2.75, 3.05) is 4.90 Å². The van der Waals surface area contributed by atoms with Crippen LogP contribution in [-0.2, 0) is 11.3 Å². The standard InChI is InChI=1S/C27H28F3N5O4/c28-27(29,30)38-22-4-2-1-3-20(22)24-21(25(39-34-24)15-5-6-15)14-37-19-11-17-8-9-18(12-19)35(17)23-10-7-16(13-32-23)26(36)33-31/h1-4,7,10,13,15,17-19H,5-6,8-9,11-12,14,31H2,(H,33,36)/t17-,18+,19+. The van der Waals surface area contributed by atoms with E-state index in [4.69, 9.17) is 15.1 Å². The van der Waals surface area contributed by atoms with Crippen molar-refractivity contribution < 1.29 is 32.0 Å². The van der Waals surface area contributed by atoms with Gasteiger partial charge in [0.15, 0.2) is 0 Å². The first-order valence-electron chi connectivity index (χ1n) is 13.0. The average molecular weight is 544 g/mol. The predicted octanol–water partition coefficient (Wildman–Crippen LogP) is 4.83. The number of benzene rings is 1. The van der Waals surface area contributed by atoms with Gasteiger partial charge in [-0.2, -0.15) is 0 Å². The summed E-state index contributed by atoms with van der Waals surface area (Å²) in [5.74, 6) is 6.19. The van der Waals surface area contributed by atoms with Crippen molar-refractivity contribution in [3.63, 3.8) is 0 Å². The van der Waals surface area contributed by atoms with Gasteiger partial charge in [-0.15, -0.1) is 13.2 Å². The number of hydrazine groups is 1. The largest absolute Gasteiger partial charge is 0.573 e. The molecule has 1 aliphatic carbocycles. The van der Waals surface area contributed by atoms with Gasteiger partial charge >= 0.3 is 6.36 Å². The number of hydrogen-bond acceptors (Lipinski definition) is 8.